The van der Waals surface area contributed by atoms with E-state index in [0.717, 1.165) is 17.2 Å². The SMILES string of the molecule is CNS(=O)(=O)c1ccc(Cc2cccc(F)c2)c(-c2nnn(C)n2)c1.CNS(=O)(=O)c1ccc(N)c(-c2nnn(C)n2)c1.OB(O)c1cccc(F)c1. The summed E-state index contributed by atoms with van der Waals surface area (Å²) >= 11 is 0. The van der Waals surface area contributed by atoms with E-state index in [1.165, 1.54) is 84.4 Å². The second-order valence-corrected chi connectivity index (χ2v) is 14.7. The van der Waals surface area contributed by atoms with Crippen molar-refractivity contribution in [2.24, 2.45) is 14.1 Å². The number of hydrogen-bond acceptors (Lipinski definition) is 13. The van der Waals surface area contributed by atoms with E-state index in [1.807, 2.05) is 0 Å². The van der Waals surface area contributed by atoms with E-state index >= 15 is 0 Å². The monoisotopic (exact) mass is 769 g/mol. The standard InChI is InChI=1S/C16H16FN5O2S.C9H12N6O2S.C6H6BFO2/c1-18-25(23,24)14-7-6-12(8-11-4-3-5-13(17)9-11)15(10-14)16-19-21-22(2)20-16;1-11-18(16,17)6-3-4-8(10)7(5-6)9-12-14-15(2)13-9;8-6-3-1-2-5(4-6)7(9)10/h3-7,9-10,18H,8H2,1-2H3;3-5,11H,10H2,1-2H3;1-4,9-10H. The van der Waals surface area contributed by atoms with Gasteiger partial charge >= 0.3 is 7.12 Å². The number of hydrogen-bond donors (Lipinski definition) is 5. The lowest BCUT2D eigenvalue weighted by molar-refractivity contribution is 0.425. The Kier molecular flexibility index (Phi) is 13.2. The molecule has 0 aliphatic carbocycles. The zero-order valence-electron chi connectivity index (χ0n) is 28.6. The molecule has 17 nitrogen and oxygen atoms in total. The first-order chi connectivity index (χ1) is 25.0. The molecule has 0 aliphatic heterocycles. The van der Waals surface area contributed by atoms with Crippen LogP contribution in [0.15, 0.2) is 94.7 Å². The highest BCUT2D eigenvalue weighted by atomic mass is 32.2. The topological polar surface area (TPSA) is 246 Å². The molecule has 0 radical (unpaired) electrons. The molecule has 0 atom stereocenters. The Labute approximate surface area is 303 Å². The molecule has 22 heteroatoms. The summed E-state index contributed by atoms with van der Waals surface area (Å²) < 4.78 is 77.8. The van der Waals surface area contributed by atoms with E-state index < -0.39 is 33.0 Å². The third-order valence-electron chi connectivity index (χ3n) is 7.19. The van der Waals surface area contributed by atoms with Crippen molar-refractivity contribution in [3.63, 3.8) is 0 Å². The maximum absolute atomic E-state index is 13.4. The average molecular weight is 770 g/mol. The van der Waals surface area contributed by atoms with Crippen molar-refractivity contribution in [1.82, 2.24) is 49.9 Å². The van der Waals surface area contributed by atoms with Crippen LogP contribution < -0.4 is 20.6 Å². The molecule has 0 amide bonds. The van der Waals surface area contributed by atoms with Gasteiger partial charge in [0.15, 0.2) is 0 Å². The van der Waals surface area contributed by atoms with Crippen LogP contribution in [0.5, 0.6) is 0 Å². The molecule has 278 valence electrons. The van der Waals surface area contributed by atoms with Crippen LogP contribution in [0, 0.1) is 11.6 Å². The van der Waals surface area contributed by atoms with Crippen molar-refractivity contribution in [2.45, 2.75) is 16.2 Å². The van der Waals surface area contributed by atoms with Crippen LogP contribution in [0.2, 0.25) is 0 Å². The summed E-state index contributed by atoms with van der Waals surface area (Å²) in [6.45, 7) is 0. The number of nitrogen functional groups attached to an aromatic ring is 1. The van der Waals surface area contributed by atoms with Gasteiger partial charge in [0.05, 0.1) is 23.9 Å². The maximum Gasteiger partial charge on any atom is 0.488 e. The molecule has 0 fully saturated rings. The first kappa shape index (κ1) is 40.3. The number of halogens is 2. The quantitative estimate of drug-likeness (QED) is 0.0988. The van der Waals surface area contributed by atoms with Gasteiger partial charge in [-0.15, -0.1) is 20.4 Å². The van der Waals surface area contributed by atoms with Crippen molar-refractivity contribution in [3.8, 4) is 22.8 Å². The fourth-order valence-corrected chi connectivity index (χ4v) is 6.05. The van der Waals surface area contributed by atoms with Gasteiger partial charge in [0.25, 0.3) is 0 Å². The van der Waals surface area contributed by atoms with Gasteiger partial charge in [-0.05, 0) is 102 Å². The minimum absolute atomic E-state index is 0.0976. The molecule has 4 aromatic carbocycles. The van der Waals surface area contributed by atoms with Gasteiger partial charge in [-0.3, -0.25) is 0 Å². The number of aryl methyl sites for hydroxylation is 2. The predicted octanol–water partition coefficient (Wildman–Crippen LogP) is 0.388. The van der Waals surface area contributed by atoms with Crippen LogP contribution >= 0.6 is 0 Å². The summed E-state index contributed by atoms with van der Waals surface area (Å²) in [7, 11) is -2.81. The summed E-state index contributed by atoms with van der Waals surface area (Å²) in [6.07, 6.45) is 0.408. The lowest BCUT2D eigenvalue weighted by atomic mass is 9.80. The minimum Gasteiger partial charge on any atom is -0.423 e. The Morgan fingerprint density at radius 2 is 1.23 bits per heavy atom. The Balaban J connectivity index is 0.000000195. The Morgan fingerprint density at radius 1 is 0.717 bits per heavy atom. The number of tetrazole rings is 2. The lowest BCUT2D eigenvalue weighted by Gasteiger charge is -2.10. The van der Waals surface area contributed by atoms with Gasteiger partial charge in [-0.25, -0.2) is 35.1 Å². The molecule has 2 heterocycles. The Morgan fingerprint density at radius 3 is 1.70 bits per heavy atom. The lowest BCUT2D eigenvalue weighted by Crippen LogP contribution is -2.29. The van der Waals surface area contributed by atoms with Gasteiger partial charge in [0.2, 0.25) is 31.7 Å². The van der Waals surface area contributed by atoms with E-state index in [9.17, 15) is 25.6 Å². The molecule has 0 saturated carbocycles. The highest BCUT2D eigenvalue weighted by Gasteiger charge is 2.19. The van der Waals surface area contributed by atoms with E-state index in [0.29, 0.717) is 29.1 Å². The van der Waals surface area contributed by atoms with E-state index in [2.05, 4.69) is 40.3 Å². The molecular formula is C31H34BF2N11O6S2. The zero-order chi connectivity index (χ0) is 38.9. The first-order valence-electron chi connectivity index (χ1n) is 15.3. The second-order valence-electron chi connectivity index (χ2n) is 10.9. The van der Waals surface area contributed by atoms with Crippen LogP contribution in [-0.4, -0.2) is 88.5 Å². The van der Waals surface area contributed by atoms with Crippen molar-refractivity contribution >= 4 is 38.3 Å². The minimum atomic E-state index is -3.61. The van der Waals surface area contributed by atoms with Crippen molar-refractivity contribution in [1.29, 1.82) is 0 Å². The molecule has 6 rings (SSSR count). The summed E-state index contributed by atoms with van der Waals surface area (Å²) in [5, 5.41) is 40.5. The van der Waals surface area contributed by atoms with Crippen LogP contribution in [0.1, 0.15) is 11.1 Å². The van der Waals surface area contributed by atoms with Gasteiger partial charge in [0, 0.05) is 16.8 Å². The molecule has 6 aromatic rings. The van der Waals surface area contributed by atoms with E-state index in [-0.39, 0.29) is 26.9 Å². The number of benzene rings is 4. The Bertz CT molecular complexity index is 2410. The van der Waals surface area contributed by atoms with Gasteiger partial charge in [0.1, 0.15) is 11.6 Å². The molecule has 0 spiro atoms. The molecule has 53 heavy (non-hydrogen) atoms. The fourth-order valence-electron chi connectivity index (χ4n) is 4.53. The number of aromatic nitrogens is 8. The summed E-state index contributed by atoms with van der Waals surface area (Å²) in [5.41, 5.74) is 8.83. The number of nitrogens with zero attached hydrogens (tertiary/aromatic N) is 8. The third kappa shape index (κ3) is 10.8. The molecular weight excluding hydrogens is 735 g/mol. The maximum atomic E-state index is 13.4. The summed E-state index contributed by atoms with van der Waals surface area (Å²) in [6, 6.07) is 20.4. The fraction of sp³-hybridized carbons (Fsp3) is 0.161. The zero-order valence-corrected chi connectivity index (χ0v) is 30.3. The third-order valence-corrected chi connectivity index (χ3v) is 10.0. The Hall–Kier alpha value is -5.52. The van der Waals surface area contributed by atoms with Gasteiger partial charge in [-0.1, -0.05) is 30.3 Å². The highest BCUT2D eigenvalue weighted by Crippen LogP contribution is 2.27. The normalized spacial score (nSPS) is 11.2. The van der Waals surface area contributed by atoms with Gasteiger partial charge in [-0.2, -0.15) is 9.59 Å². The molecule has 0 aliphatic rings. The van der Waals surface area contributed by atoms with E-state index in [1.54, 1.807) is 32.3 Å². The second kappa shape index (κ2) is 17.3. The number of rotatable bonds is 9. The summed E-state index contributed by atoms with van der Waals surface area (Å²) in [4.78, 5) is 2.76. The number of anilines is 1. The molecule has 2 aromatic heterocycles. The molecule has 0 saturated heterocycles. The summed E-state index contributed by atoms with van der Waals surface area (Å²) in [5.74, 6) is -0.207. The number of nitrogens with two attached hydrogens (primary N) is 1. The van der Waals surface area contributed by atoms with E-state index in [4.69, 9.17) is 15.8 Å². The van der Waals surface area contributed by atoms with Crippen LogP contribution in [-0.2, 0) is 40.6 Å². The first-order valence-corrected chi connectivity index (χ1v) is 18.2. The van der Waals surface area contributed by atoms with Crippen LogP contribution in [0.3, 0.4) is 0 Å². The molecule has 6 N–H and O–H groups in total. The highest BCUT2D eigenvalue weighted by molar-refractivity contribution is 7.89. The van der Waals surface area contributed by atoms with Crippen molar-refractivity contribution in [2.75, 3.05) is 19.8 Å². The van der Waals surface area contributed by atoms with Crippen molar-refractivity contribution in [3.05, 3.63) is 108 Å². The number of nitrogens with one attached hydrogen (secondary N) is 2. The molecule has 0 unspecified atom stereocenters. The van der Waals surface area contributed by atoms with Crippen LogP contribution in [0.25, 0.3) is 22.8 Å². The van der Waals surface area contributed by atoms with Gasteiger partial charge < -0.3 is 15.8 Å². The predicted molar refractivity (Wildman–Crippen MR) is 191 cm³/mol. The largest absolute Gasteiger partial charge is 0.488 e. The average Bonchev–Trinajstić information content (AvgIpc) is 3.76. The smallest absolute Gasteiger partial charge is 0.423 e. The number of sulfonamides is 2. The van der Waals surface area contributed by atoms with Crippen LogP contribution in [0.4, 0.5) is 14.5 Å². The molecule has 0 bridgehead atoms. The van der Waals surface area contributed by atoms with Crippen molar-refractivity contribution < 1.29 is 35.7 Å².